The van der Waals surface area contributed by atoms with Crippen LogP contribution in [0, 0.1) is 6.07 Å². The molecule has 0 aliphatic rings. The molecule has 0 heterocycles. The van der Waals surface area contributed by atoms with Crippen LogP contribution in [-0.2, 0) is 11.2 Å². The Kier molecular flexibility index (Phi) is 3.70. The van der Waals surface area contributed by atoms with E-state index in [9.17, 15) is 0 Å². The molecule has 0 fully saturated rings. The summed E-state index contributed by atoms with van der Waals surface area (Å²) in [6, 6.07) is 11.1. The molecule has 0 bridgehead atoms. The first-order valence-corrected chi connectivity index (χ1v) is 3.97. The molecule has 1 aromatic carbocycles. The fraction of sp³-hybridized carbons (Fsp3) is 0.400. The van der Waals surface area contributed by atoms with E-state index < -0.39 is 0 Å². The molecule has 0 amide bonds. The lowest BCUT2D eigenvalue weighted by molar-refractivity contribution is 0.151. The smallest absolute Gasteiger partial charge is 0.0506 e. The van der Waals surface area contributed by atoms with Gasteiger partial charge in [-0.25, -0.2) is 0 Å². The van der Waals surface area contributed by atoms with Gasteiger partial charge in [-0.15, -0.1) is 0 Å². The van der Waals surface area contributed by atoms with E-state index in [-0.39, 0.29) is 0 Å². The Morgan fingerprint density at radius 1 is 1.45 bits per heavy atom. The van der Waals surface area contributed by atoms with Crippen molar-refractivity contribution >= 4 is 0 Å². The molecule has 1 radical (unpaired) electrons. The molecule has 0 N–H and O–H groups in total. The Morgan fingerprint density at radius 3 is 3.00 bits per heavy atom. The monoisotopic (exact) mass is 149 g/mol. The molecule has 0 saturated carbocycles. The summed E-state index contributed by atoms with van der Waals surface area (Å²) in [4.78, 5) is 0. The molecule has 1 aromatic rings. The molecule has 0 aliphatic carbocycles. The Bertz CT molecular complexity index is 181. The maximum Gasteiger partial charge on any atom is 0.0506 e. The van der Waals surface area contributed by atoms with E-state index in [1.807, 2.05) is 25.1 Å². The van der Waals surface area contributed by atoms with Gasteiger partial charge in [0.15, 0.2) is 0 Å². The van der Waals surface area contributed by atoms with Gasteiger partial charge in [-0.2, -0.15) is 0 Å². The standard InChI is InChI=1S/C10H13O/c1-2-11-9-8-10-6-4-3-5-7-10/h3-6H,2,8-9H2,1H3. The summed E-state index contributed by atoms with van der Waals surface area (Å²) in [6.45, 7) is 3.61. The number of rotatable bonds is 4. The molecule has 1 rings (SSSR count). The molecule has 0 unspecified atom stereocenters. The maximum atomic E-state index is 5.22. The van der Waals surface area contributed by atoms with Gasteiger partial charge in [-0.3, -0.25) is 0 Å². The van der Waals surface area contributed by atoms with Gasteiger partial charge in [0.25, 0.3) is 0 Å². The molecule has 0 spiro atoms. The lowest BCUT2D eigenvalue weighted by Gasteiger charge is -1.99. The average molecular weight is 149 g/mol. The lowest BCUT2D eigenvalue weighted by Crippen LogP contribution is -1.97. The van der Waals surface area contributed by atoms with Gasteiger partial charge in [0, 0.05) is 6.61 Å². The topological polar surface area (TPSA) is 9.23 Å². The minimum atomic E-state index is 0.798. The molecule has 0 atom stereocenters. The Morgan fingerprint density at radius 2 is 2.36 bits per heavy atom. The van der Waals surface area contributed by atoms with Crippen molar-refractivity contribution in [2.75, 3.05) is 13.2 Å². The van der Waals surface area contributed by atoms with Crippen molar-refractivity contribution in [3.05, 3.63) is 35.9 Å². The molecule has 0 saturated heterocycles. The third kappa shape index (κ3) is 3.19. The van der Waals surface area contributed by atoms with Gasteiger partial charge in [0.2, 0.25) is 0 Å². The van der Waals surface area contributed by atoms with E-state index in [0.717, 1.165) is 19.6 Å². The summed E-state index contributed by atoms with van der Waals surface area (Å²) in [6.07, 6.45) is 0.967. The first-order valence-electron chi connectivity index (χ1n) is 3.97. The van der Waals surface area contributed by atoms with Crippen LogP contribution in [0.5, 0.6) is 0 Å². The van der Waals surface area contributed by atoms with Crippen molar-refractivity contribution in [2.45, 2.75) is 13.3 Å². The SMILES string of the molecule is CCOCCc1[c]cccc1. The van der Waals surface area contributed by atoms with Crippen molar-refractivity contribution in [1.29, 1.82) is 0 Å². The summed E-state index contributed by atoms with van der Waals surface area (Å²) in [5, 5.41) is 0. The number of hydrogen-bond donors (Lipinski definition) is 0. The predicted octanol–water partition coefficient (Wildman–Crippen LogP) is 2.07. The van der Waals surface area contributed by atoms with Crippen LogP contribution in [0.3, 0.4) is 0 Å². The van der Waals surface area contributed by atoms with Crippen LogP contribution in [-0.4, -0.2) is 13.2 Å². The molecular formula is C10H13O. The Labute approximate surface area is 68.0 Å². The van der Waals surface area contributed by atoms with Crippen molar-refractivity contribution in [1.82, 2.24) is 0 Å². The van der Waals surface area contributed by atoms with Crippen molar-refractivity contribution in [3.8, 4) is 0 Å². The minimum Gasteiger partial charge on any atom is -0.381 e. The van der Waals surface area contributed by atoms with E-state index in [1.165, 1.54) is 5.56 Å². The van der Waals surface area contributed by atoms with Crippen LogP contribution in [0.25, 0.3) is 0 Å². The molecule has 1 heteroatoms. The molecule has 59 valence electrons. The lowest BCUT2D eigenvalue weighted by atomic mass is 10.2. The Balaban J connectivity index is 2.28. The summed E-state index contributed by atoms with van der Waals surface area (Å²) in [5.74, 6) is 0. The highest BCUT2D eigenvalue weighted by molar-refractivity contribution is 5.12. The van der Waals surface area contributed by atoms with Gasteiger partial charge < -0.3 is 4.74 Å². The van der Waals surface area contributed by atoms with Gasteiger partial charge in [0.1, 0.15) is 0 Å². The van der Waals surface area contributed by atoms with Crippen LogP contribution < -0.4 is 0 Å². The van der Waals surface area contributed by atoms with E-state index in [4.69, 9.17) is 4.74 Å². The van der Waals surface area contributed by atoms with E-state index >= 15 is 0 Å². The van der Waals surface area contributed by atoms with Crippen molar-refractivity contribution in [3.63, 3.8) is 0 Å². The molecular weight excluding hydrogens is 136 g/mol. The summed E-state index contributed by atoms with van der Waals surface area (Å²) in [5.41, 5.74) is 1.22. The third-order valence-corrected chi connectivity index (χ3v) is 1.49. The second-order valence-corrected chi connectivity index (χ2v) is 2.33. The zero-order valence-corrected chi connectivity index (χ0v) is 6.84. The first-order chi connectivity index (χ1) is 5.43. The van der Waals surface area contributed by atoms with Crippen LogP contribution >= 0.6 is 0 Å². The zero-order chi connectivity index (χ0) is 7.94. The second-order valence-electron chi connectivity index (χ2n) is 2.33. The fourth-order valence-corrected chi connectivity index (χ4v) is 0.912. The number of benzene rings is 1. The predicted molar refractivity (Wildman–Crippen MR) is 45.5 cm³/mol. The van der Waals surface area contributed by atoms with Crippen LogP contribution in [0.2, 0.25) is 0 Å². The normalized spacial score (nSPS) is 9.91. The zero-order valence-electron chi connectivity index (χ0n) is 6.84. The molecule has 11 heavy (non-hydrogen) atoms. The largest absolute Gasteiger partial charge is 0.381 e. The summed E-state index contributed by atoms with van der Waals surface area (Å²) < 4.78 is 5.22. The number of ether oxygens (including phenoxy) is 1. The highest BCUT2D eigenvalue weighted by Gasteiger charge is 1.89. The highest BCUT2D eigenvalue weighted by Crippen LogP contribution is 1.97. The molecule has 1 nitrogen and oxygen atoms in total. The van der Waals surface area contributed by atoms with Gasteiger partial charge >= 0.3 is 0 Å². The summed E-state index contributed by atoms with van der Waals surface area (Å²) in [7, 11) is 0. The summed E-state index contributed by atoms with van der Waals surface area (Å²) >= 11 is 0. The number of hydrogen-bond acceptors (Lipinski definition) is 1. The van der Waals surface area contributed by atoms with E-state index in [2.05, 4.69) is 12.1 Å². The van der Waals surface area contributed by atoms with Gasteiger partial charge in [-0.05, 0) is 25.0 Å². The molecule has 0 aliphatic heterocycles. The fourth-order valence-electron chi connectivity index (χ4n) is 0.912. The van der Waals surface area contributed by atoms with Crippen molar-refractivity contribution in [2.24, 2.45) is 0 Å². The highest BCUT2D eigenvalue weighted by atomic mass is 16.5. The van der Waals surface area contributed by atoms with Gasteiger partial charge in [-0.1, -0.05) is 24.3 Å². The maximum absolute atomic E-state index is 5.22. The minimum absolute atomic E-state index is 0.798. The van der Waals surface area contributed by atoms with E-state index in [0.29, 0.717) is 0 Å². The second kappa shape index (κ2) is 4.91. The quantitative estimate of drug-likeness (QED) is 0.595. The Hall–Kier alpha value is -0.820. The van der Waals surface area contributed by atoms with Crippen LogP contribution in [0.4, 0.5) is 0 Å². The van der Waals surface area contributed by atoms with Crippen LogP contribution in [0.1, 0.15) is 12.5 Å². The average Bonchev–Trinajstić information content (AvgIpc) is 2.07. The van der Waals surface area contributed by atoms with Crippen molar-refractivity contribution < 1.29 is 4.74 Å². The van der Waals surface area contributed by atoms with Crippen LogP contribution in [0.15, 0.2) is 24.3 Å². The van der Waals surface area contributed by atoms with E-state index in [1.54, 1.807) is 0 Å². The third-order valence-electron chi connectivity index (χ3n) is 1.49. The molecule has 0 aromatic heterocycles. The van der Waals surface area contributed by atoms with Gasteiger partial charge in [0.05, 0.1) is 6.61 Å². The first kappa shape index (κ1) is 8.28.